The average molecular weight is 292 g/mol. The van der Waals surface area contributed by atoms with Crippen molar-refractivity contribution in [2.45, 2.75) is 0 Å². The first-order valence-electron chi connectivity index (χ1n) is 5.60. The summed E-state index contributed by atoms with van der Waals surface area (Å²) in [5.41, 5.74) is 7.38. The van der Waals surface area contributed by atoms with Crippen molar-refractivity contribution in [3.05, 3.63) is 69.7 Å². The van der Waals surface area contributed by atoms with Crippen LogP contribution in [0.5, 0.6) is 0 Å². The van der Waals surface area contributed by atoms with Crippen LogP contribution >= 0.6 is 23.2 Å². The van der Waals surface area contributed by atoms with Gasteiger partial charge in [-0.2, -0.15) is 0 Å². The molecule has 0 amide bonds. The summed E-state index contributed by atoms with van der Waals surface area (Å²) in [7, 11) is 0. The van der Waals surface area contributed by atoms with Crippen LogP contribution < -0.4 is 5.73 Å². The highest BCUT2D eigenvalue weighted by Crippen LogP contribution is 2.25. The predicted octanol–water partition coefficient (Wildman–Crippen LogP) is 4.47. The zero-order chi connectivity index (χ0) is 13.8. The van der Waals surface area contributed by atoms with Crippen LogP contribution in [0, 0.1) is 0 Å². The van der Waals surface area contributed by atoms with Crippen LogP contribution in [0.2, 0.25) is 10.0 Å². The molecule has 0 fully saturated rings. The molecule has 0 aliphatic rings. The third kappa shape index (κ3) is 3.37. The second-order valence-electron chi connectivity index (χ2n) is 3.95. The highest BCUT2D eigenvalue weighted by atomic mass is 35.5. The molecule has 0 atom stereocenters. The van der Waals surface area contributed by atoms with Gasteiger partial charge in [0.2, 0.25) is 0 Å². The summed E-state index contributed by atoms with van der Waals surface area (Å²) in [4.78, 5) is 11.9. The maximum atomic E-state index is 11.9. The van der Waals surface area contributed by atoms with Crippen molar-refractivity contribution < 1.29 is 4.79 Å². The molecule has 2 aromatic rings. The van der Waals surface area contributed by atoms with Crippen molar-refractivity contribution in [2.75, 3.05) is 5.73 Å². The fourth-order valence-electron chi connectivity index (χ4n) is 1.57. The summed E-state index contributed by atoms with van der Waals surface area (Å²) >= 11 is 12.0. The number of nitrogens with two attached hydrogens (primary N) is 1. The second-order valence-corrected chi connectivity index (χ2v) is 4.77. The van der Waals surface area contributed by atoms with Crippen LogP contribution in [-0.4, -0.2) is 5.78 Å². The van der Waals surface area contributed by atoms with Gasteiger partial charge in [0, 0.05) is 26.9 Å². The molecule has 2 N–H and O–H groups in total. The van der Waals surface area contributed by atoms with Crippen molar-refractivity contribution in [1.29, 1.82) is 0 Å². The number of anilines is 1. The Bertz CT molecular complexity index is 613. The van der Waals surface area contributed by atoms with Crippen molar-refractivity contribution in [2.24, 2.45) is 0 Å². The summed E-state index contributed by atoms with van der Waals surface area (Å²) < 4.78 is 0. The van der Waals surface area contributed by atoms with E-state index in [0.717, 1.165) is 0 Å². The molecule has 0 aliphatic heterocycles. The number of benzene rings is 2. The van der Waals surface area contributed by atoms with Crippen molar-refractivity contribution in [3.63, 3.8) is 0 Å². The molecule has 0 saturated carbocycles. The number of carbonyl (C=O) groups excluding carboxylic acids is 1. The van der Waals surface area contributed by atoms with Crippen LogP contribution in [-0.2, 0) is 0 Å². The molecule has 19 heavy (non-hydrogen) atoms. The molecule has 0 aromatic heterocycles. The topological polar surface area (TPSA) is 43.1 Å². The number of halogens is 2. The lowest BCUT2D eigenvalue weighted by Gasteiger charge is -2.01. The van der Waals surface area contributed by atoms with E-state index in [0.29, 0.717) is 26.9 Å². The van der Waals surface area contributed by atoms with Gasteiger partial charge in [0.05, 0.1) is 0 Å². The Morgan fingerprint density at radius 3 is 2.16 bits per heavy atom. The molecular formula is C15H11Cl2NO. The summed E-state index contributed by atoms with van der Waals surface area (Å²) in [6.07, 6.45) is 3.06. The van der Waals surface area contributed by atoms with Crippen LogP contribution in [0.15, 0.2) is 48.5 Å². The molecule has 2 nitrogen and oxygen atoms in total. The lowest BCUT2D eigenvalue weighted by molar-refractivity contribution is 0.104. The van der Waals surface area contributed by atoms with Gasteiger partial charge in [-0.3, -0.25) is 4.79 Å². The summed E-state index contributed by atoms with van der Waals surface area (Å²) in [6.45, 7) is 0. The van der Waals surface area contributed by atoms with Crippen LogP contribution in [0.4, 0.5) is 5.69 Å². The first kappa shape index (κ1) is 13.7. The SMILES string of the molecule is Nc1ccc(C(=O)C=Cc2c(Cl)cccc2Cl)cc1. The lowest BCUT2D eigenvalue weighted by atomic mass is 10.1. The number of rotatable bonds is 3. The van der Waals surface area contributed by atoms with E-state index in [9.17, 15) is 4.79 Å². The summed E-state index contributed by atoms with van der Waals surface area (Å²) in [5, 5.41) is 1.02. The molecule has 2 rings (SSSR count). The second kappa shape index (κ2) is 5.91. The third-order valence-electron chi connectivity index (χ3n) is 2.60. The molecule has 4 heteroatoms. The highest BCUT2D eigenvalue weighted by Gasteiger charge is 2.04. The van der Waals surface area contributed by atoms with Gasteiger partial charge in [0.25, 0.3) is 0 Å². The molecule has 0 bridgehead atoms. The van der Waals surface area contributed by atoms with E-state index in [1.165, 1.54) is 6.08 Å². The smallest absolute Gasteiger partial charge is 0.185 e. The first-order valence-corrected chi connectivity index (χ1v) is 6.35. The standard InChI is InChI=1S/C15H11Cl2NO/c16-13-2-1-3-14(17)12(13)8-9-15(19)10-4-6-11(18)7-5-10/h1-9H,18H2. The summed E-state index contributed by atoms with van der Waals surface area (Å²) in [6, 6.07) is 11.9. The van der Waals surface area contributed by atoms with Gasteiger partial charge >= 0.3 is 0 Å². The largest absolute Gasteiger partial charge is 0.399 e. The van der Waals surface area contributed by atoms with Crippen LogP contribution in [0.3, 0.4) is 0 Å². The van der Waals surface area contributed by atoms with Crippen LogP contribution in [0.1, 0.15) is 15.9 Å². The Morgan fingerprint density at radius 2 is 1.58 bits per heavy atom. The average Bonchev–Trinajstić information content (AvgIpc) is 2.38. The van der Waals surface area contributed by atoms with E-state index in [1.54, 1.807) is 48.5 Å². The van der Waals surface area contributed by atoms with Gasteiger partial charge < -0.3 is 5.73 Å². The first-order chi connectivity index (χ1) is 9.08. The maximum Gasteiger partial charge on any atom is 0.185 e. The molecule has 96 valence electrons. The number of ketones is 1. The minimum atomic E-state index is -0.129. The Morgan fingerprint density at radius 1 is 1.00 bits per heavy atom. The van der Waals surface area contributed by atoms with Gasteiger partial charge in [-0.25, -0.2) is 0 Å². The quantitative estimate of drug-likeness (QED) is 0.515. The van der Waals surface area contributed by atoms with Gasteiger partial charge in [-0.1, -0.05) is 29.3 Å². The zero-order valence-corrected chi connectivity index (χ0v) is 11.4. The van der Waals surface area contributed by atoms with E-state index in [-0.39, 0.29) is 5.78 Å². The third-order valence-corrected chi connectivity index (χ3v) is 3.26. The predicted molar refractivity (Wildman–Crippen MR) is 80.7 cm³/mol. The normalized spacial score (nSPS) is 10.8. The maximum absolute atomic E-state index is 11.9. The van der Waals surface area contributed by atoms with E-state index in [1.807, 2.05) is 0 Å². The lowest BCUT2D eigenvalue weighted by Crippen LogP contribution is -1.94. The number of nitrogen functional groups attached to an aromatic ring is 1. The van der Waals surface area contributed by atoms with Gasteiger partial charge in [-0.05, 0) is 48.6 Å². The molecule has 0 spiro atoms. The summed E-state index contributed by atoms with van der Waals surface area (Å²) in [5.74, 6) is -0.129. The highest BCUT2D eigenvalue weighted by molar-refractivity contribution is 6.37. The fourth-order valence-corrected chi connectivity index (χ4v) is 2.10. The number of hydrogen-bond acceptors (Lipinski definition) is 2. The van der Waals surface area contributed by atoms with E-state index in [4.69, 9.17) is 28.9 Å². The van der Waals surface area contributed by atoms with Crippen molar-refractivity contribution >= 4 is 40.7 Å². The Hall–Kier alpha value is -1.77. The molecule has 0 heterocycles. The van der Waals surface area contributed by atoms with Crippen molar-refractivity contribution in [3.8, 4) is 0 Å². The zero-order valence-electron chi connectivity index (χ0n) is 9.94. The Balaban J connectivity index is 2.23. The van der Waals surface area contributed by atoms with Gasteiger partial charge in [0.15, 0.2) is 5.78 Å². The van der Waals surface area contributed by atoms with Crippen LogP contribution in [0.25, 0.3) is 6.08 Å². The molecule has 2 aromatic carbocycles. The number of carbonyl (C=O) groups is 1. The Labute approximate surface area is 121 Å². The molecule has 0 aliphatic carbocycles. The van der Waals surface area contributed by atoms with E-state index >= 15 is 0 Å². The van der Waals surface area contributed by atoms with E-state index < -0.39 is 0 Å². The minimum absolute atomic E-state index is 0.129. The Kier molecular flexibility index (Phi) is 4.25. The van der Waals surface area contributed by atoms with E-state index in [2.05, 4.69) is 0 Å². The van der Waals surface area contributed by atoms with Gasteiger partial charge in [0.1, 0.15) is 0 Å². The fraction of sp³-hybridized carbons (Fsp3) is 0. The minimum Gasteiger partial charge on any atom is -0.399 e. The monoisotopic (exact) mass is 291 g/mol. The molecular weight excluding hydrogens is 281 g/mol. The van der Waals surface area contributed by atoms with Crippen molar-refractivity contribution in [1.82, 2.24) is 0 Å². The molecule has 0 unspecified atom stereocenters. The molecule has 0 saturated heterocycles. The number of hydrogen-bond donors (Lipinski definition) is 1. The number of allylic oxidation sites excluding steroid dienone is 1. The molecule has 0 radical (unpaired) electrons. The van der Waals surface area contributed by atoms with Gasteiger partial charge in [-0.15, -0.1) is 0 Å².